The maximum atomic E-state index is 12.0. The molecule has 0 aromatic heterocycles. The highest BCUT2D eigenvalue weighted by atomic mass is 35.5. The van der Waals surface area contributed by atoms with E-state index in [1.807, 2.05) is 31.2 Å². The van der Waals surface area contributed by atoms with Crippen LogP contribution < -0.4 is 10.6 Å². The maximum Gasteiger partial charge on any atom is 0.234 e. The van der Waals surface area contributed by atoms with Crippen LogP contribution in [-0.2, 0) is 4.79 Å². The fourth-order valence-corrected chi connectivity index (χ4v) is 2.56. The molecule has 1 aliphatic heterocycles. The molecule has 0 unspecified atom stereocenters. The van der Waals surface area contributed by atoms with Crippen LogP contribution in [-0.4, -0.2) is 43.5 Å². The molecule has 0 saturated carbocycles. The molecule has 1 aliphatic rings. The van der Waals surface area contributed by atoms with E-state index in [1.54, 1.807) is 0 Å². The molecule has 1 atom stereocenters. The van der Waals surface area contributed by atoms with Crippen LogP contribution in [0.15, 0.2) is 24.3 Å². The fourth-order valence-electron chi connectivity index (χ4n) is 2.26. The summed E-state index contributed by atoms with van der Waals surface area (Å²) in [5, 5.41) is 6.96. The zero-order chi connectivity index (χ0) is 13.7. The van der Waals surface area contributed by atoms with E-state index in [9.17, 15) is 4.79 Å². The minimum Gasteiger partial charge on any atom is -0.348 e. The summed E-state index contributed by atoms with van der Waals surface area (Å²) in [6.07, 6.45) is 0. The molecule has 1 aromatic rings. The first-order chi connectivity index (χ1) is 9.16. The molecule has 104 valence electrons. The van der Waals surface area contributed by atoms with Crippen LogP contribution in [0.5, 0.6) is 0 Å². The summed E-state index contributed by atoms with van der Waals surface area (Å²) in [5.41, 5.74) is 0.956. The van der Waals surface area contributed by atoms with Gasteiger partial charge in [0.05, 0.1) is 12.6 Å². The maximum absolute atomic E-state index is 12.0. The first-order valence-corrected chi connectivity index (χ1v) is 7.01. The molecule has 2 rings (SSSR count). The van der Waals surface area contributed by atoms with Crippen molar-refractivity contribution in [2.75, 3.05) is 32.7 Å². The first kappa shape index (κ1) is 14.3. The van der Waals surface area contributed by atoms with Gasteiger partial charge in [0.2, 0.25) is 5.91 Å². The summed E-state index contributed by atoms with van der Waals surface area (Å²) >= 11 is 6.12. The zero-order valence-electron chi connectivity index (χ0n) is 11.2. The molecule has 0 radical (unpaired) electrons. The Morgan fingerprint density at radius 3 is 2.79 bits per heavy atom. The second-order valence-electron chi connectivity index (χ2n) is 4.84. The number of piperazine rings is 1. The van der Waals surface area contributed by atoms with Crippen molar-refractivity contribution >= 4 is 17.5 Å². The number of carbonyl (C=O) groups is 1. The van der Waals surface area contributed by atoms with Crippen LogP contribution in [0, 0.1) is 0 Å². The van der Waals surface area contributed by atoms with Gasteiger partial charge in [-0.3, -0.25) is 9.69 Å². The second-order valence-corrected chi connectivity index (χ2v) is 5.24. The summed E-state index contributed by atoms with van der Waals surface area (Å²) < 4.78 is 0. The zero-order valence-corrected chi connectivity index (χ0v) is 11.9. The highest BCUT2D eigenvalue weighted by Crippen LogP contribution is 2.21. The monoisotopic (exact) mass is 281 g/mol. The molecule has 2 N–H and O–H groups in total. The number of hydrogen-bond acceptors (Lipinski definition) is 3. The molecule has 5 heteroatoms. The highest BCUT2D eigenvalue weighted by molar-refractivity contribution is 6.31. The van der Waals surface area contributed by atoms with Crippen LogP contribution in [0.3, 0.4) is 0 Å². The van der Waals surface area contributed by atoms with Crippen molar-refractivity contribution in [2.45, 2.75) is 13.0 Å². The van der Waals surface area contributed by atoms with E-state index in [-0.39, 0.29) is 11.9 Å². The standard InChI is InChI=1S/C14H20ClN3O/c1-11(12-4-2-3-5-13(12)15)17-14(19)10-18-8-6-16-7-9-18/h2-5,11,16H,6-10H2,1H3,(H,17,19)/t11-/m0/s1. The Hall–Kier alpha value is -1.10. The van der Waals surface area contributed by atoms with Crippen molar-refractivity contribution in [1.29, 1.82) is 0 Å². The van der Waals surface area contributed by atoms with E-state index in [0.29, 0.717) is 11.6 Å². The number of hydrogen-bond donors (Lipinski definition) is 2. The van der Waals surface area contributed by atoms with Crippen LogP contribution in [0.2, 0.25) is 5.02 Å². The quantitative estimate of drug-likeness (QED) is 0.877. The van der Waals surface area contributed by atoms with Gasteiger partial charge in [0, 0.05) is 31.2 Å². The molecule has 1 fully saturated rings. The summed E-state index contributed by atoms with van der Waals surface area (Å²) in [6, 6.07) is 7.54. The summed E-state index contributed by atoms with van der Waals surface area (Å²) in [6.45, 7) is 6.16. The van der Waals surface area contributed by atoms with Gasteiger partial charge in [-0.2, -0.15) is 0 Å². The van der Waals surface area contributed by atoms with E-state index in [4.69, 9.17) is 11.6 Å². The van der Waals surface area contributed by atoms with Gasteiger partial charge in [-0.1, -0.05) is 29.8 Å². The number of halogens is 1. The minimum atomic E-state index is -0.0656. The molecule has 19 heavy (non-hydrogen) atoms. The van der Waals surface area contributed by atoms with Gasteiger partial charge in [-0.25, -0.2) is 0 Å². The van der Waals surface area contributed by atoms with Crippen molar-refractivity contribution in [3.63, 3.8) is 0 Å². The summed E-state index contributed by atoms with van der Waals surface area (Å²) in [4.78, 5) is 14.1. The van der Waals surface area contributed by atoms with Crippen LogP contribution >= 0.6 is 11.6 Å². The van der Waals surface area contributed by atoms with Gasteiger partial charge in [0.1, 0.15) is 0 Å². The largest absolute Gasteiger partial charge is 0.348 e. The molecule has 1 heterocycles. The molecule has 1 saturated heterocycles. The lowest BCUT2D eigenvalue weighted by molar-refractivity contribution is -0.123. The van der Waals surface area contributed by atoms with E-state index < -0.39 is 0 Å². The van der Waals surface area contributed by atoms with Crippen molar-refractivity contribution < 1.29 is 4.79 Å². The Bertz CT molecular complexity index is 432. The Balaban J connectivity index is 1.86. The van der Waals surface area contributed by atoms with Gasteiger partial charge >= 0.3 is 0 Å². The minimum absolute atomic E-state index is 0.0503. The number of rotatable bonds is 4. The highest BCUT2D eigenvalue weighted by Gasteiger charge is 2.16. The van der Waals surface area contributed by atoms with Gasteiger partial charge in [0.25, 0.3) is 0 Å². The van der Waals surface area contributed by atoms with Crippen LogP contribution in [0.25, 0.3) is 0 Å². The number of amides is 1. The summed E-state index contributed by atoms with van der Waals surface area (Å²) in [7, 11) is 0. The molecule has 1 amide bonds. The lowest BCUT2D eigenvalue weighted by atomic mass is 10.1. The van der Waals surface area contributed by atoms with E-state index >= 15 is 0 Å². The van der Waals surface area contributed by atoms with Crippen molar-refractivity contribution in [3.05, 3.63) is 34.9 Å². The molecule has 0 aliphatic carbocycles. The van der Waals surface area contributed by atoms with Gasteiger partial charge in [-0.05, 0) is 18.6 Å². The molecule has 0 spiro atoms. The topological polar surface area (TPSA) is 44.4 Å². The Morgan fingerprint density at radius 1 is 1.42 bits per heavy atom. The second kappa shape index (κ2) is 6.89. The van der Waals surface area contributed by atoms with Gasteiger partial charge in [-0.15, -0.1) is 0 Å². The predicted octanol–water partition coefficient (Wildman–Crippen LogP) is 1.42. The van der Waals surface area contributed by atoms with Crippen LogP contribution in [0.1, 0.15) is 18.5 Å². The SMILES string of the molecule is C[C@H](NC(=O)CN1CCNCC1)c1ccccc1Cl. The predicted molar refractivity (Wildman–Crippen MR) is 77.3 cm³/mol. The normalized spacial score (nSPS) is 18.0. The van der Waals surface area contributed by atoms with Gasteiger partial charge in [0.15, 0.2) is 0 Å². The Kier molecular flexibility index (Phi) is 5.19. The van der Waals surface area contributed by atoms with Crippen LogP contribution in [0.4, 0.5) is 0 Å². The average Bonchev–Trinajstić information content (AvgIpc) is 2.40. The van der Waals surface area contributed by atoms with Crippen molar-refractivity contribution in [1.82, 2.24) is 15.5 Å². The molecule has 1 aromatic carbocycles. The van der Waals surface area contributed by atoms with E-state index in [2.05, 4.69) is 15.5 Å². The van der Waals surface area contributed by atoms with E-state index in [0.717, 1.165) is 31.7 Å². The number of benzene rings is 1. The van der Waals surface area contributed by atoms with E-state index in [1.165, 1.54) is 0 Å². The number of nitrogens with one attached hydrogen (secondary N) is 2. The third kappa shape index (κ3) is 4.20. The average molecular weight is 282 g/mol. The Labute approximate surface area is 119 Å². The number of nitrogens with zero attached hydrogens (tertiary/aromatic N) is 1. The molecule has 0 bridgehead atoms. The lowest BCUT2D eigenvalue weighted by Gasteiger charge is -2.27. The van der Waals surface area contributed by atoms with Crippen molar-refractivity contribution in [2.24, 2.45) is 0 Å². The lowest BCUT2D eigenvalue weighted by Crippen LogP contribution is -2.47. The number of carbonyl (C=O) groups excluding carboxylic acids is 1. The molecular formula is C14H20ClN3O. The Morgan fingerprint density at radius 2 is 2.11 bits per heavy atom. The summed E-state index contributed by atoms with van der Waals surface area (Å²) in [5.74, 6) is 0.0503. The van der Waals surface area contributed by atoms with Crippen molar-refractivity contribution in [3.8, 4) is 0 Å². The smallest absolute Gasteiger partial charge is 0.234 e. The molecule has 4 nitrogen and oxygen atoms in total. The third-order valence-electron chi connectivity index (χ3n) is 3.33. The third-order valence-corrected chi connectivity index (χ3v) is 3.67. The molecular weight excluding hydrogens is 262 g/mol. The fraction of sp³-hybridized carbons (Fsp3) is 0.500. The first-order valence-electron chi connectivity index (χ1n) is 6.63. The van der Waals surface area contributed by atoms with Gasteiger partial charge < -0.3 is 10.6 Å².